The van der Waals surface area contributed by atoms with Crippen LogP contribution in [0.3, 0.4) is 0 Å². The van der Waals surface area contributed by atoms with E-state index in [0.717, 1.165) is 31.0 Å². The first-order valence-electron chi connectivity index (χ1n) is 6.14. The molecule has 0 spiro atoms. The number of benzene rings is 1. The second-order valence-corrected chi connectivity index (χ2v) is 4.86. The minimum atomic E-state index is -0.801. The van der Waals surface area contributed by atoms with Crippen molar-refractivity contribution in [2.24, 2.45) is 0 Å². The number of nitrogens with zero attached hydrogens (tertiary/aromatic N) is 1. The molecule has 3 rings (SSSR count). The molecule has 1 N–H and O–H groups in total. The normalized spacial score (nSPS) is 23.1. The van der Waals surface area contributed by atoms with E-state index in [9.17, 15) is 18.4 Å². The number of hydrogen-bond acceptors (Lipinski definition) is 3. The number of halogens is 2. The molecule has 1 aliphatic heterocycles. The molecule has 1 atom stereocenters. The van der Waals surface area contributed by atoms with Crippen LogP contribution in [-0.2, 0) is 9.59 Å². The topological polar surface area (TPSA) is 49.4 Å². The predicted molar refractivity (Wildman–Crippen MR) is 63.3 cm³/mol. The monoisotopic (exact) mass is 266 g/mol. The molecular weight excluding hydrogens is 254 g/mol. The van der Waals surface area contributed by atoms with Crippen LogP contribution >= 0.6 is 0 Å². The second-order valence-electron chi connectivity index (χ2n) is 4.86. The van der Waals surface area contributed by atoms with Crippen molar-refractivity contribution in [3.63, 3.8) is 0 Å². The Morgan fingerprint density at radius 2 is 1.95 bits per heavy atom. The molecule has 0 radical (unpaired) electrons. The molecule has 1 saturated heterocycles. The van der Waals surface area contributed by atoms with E-state index in [1.807, 2.05) is 0 Å². The van der Waals surface area contributed by atoms with E-state index in [0.29, 0.717) is 0 Å². The molecule has 6 heteroatoms. The zero-order chi connectivity index (χ0) is 13.6. The molecule has 4 nitrogen and oxygen atoms in total. The standard InChI is InChI=1S/C13H12F2N2O2/c14-7-1-4-9(15)10(5-7)16-11-6-12(18)17(13(11)19)8-2-3-8/h1,4-5,8,11,16H,2-3,6H2. The third-order valence-electron chi connectivity index (χ3n) is 3.35. The SMILES string of the molecule is O=C1CC(Nc2cc(F)ccc2F)C(=O)N1C1CC1. The fraction of sp³-hybridized carbons (Fsp3) is 0.385. The molecule has 2 fully saturated rings. The summed E-state index contributed by atoms with van der Waals surface area (Å²) in [5.41, 5.74) is -0.0937. The fourth-order valence-electron chi connectivity index (χ4n) is 2.28. The van der Waals surface area contributed by atoms with Crippen molar-refractivity contribution in [1.29, 1.82) is 0 Å². The lowest BCUT2D eigenvalue weighted by Crippen LogP contribution is -2.36. The van der Waals surface area contributed by atoms with E-state index in [1.54, 1.807) is 0 Å². The van der Waals surface area contributed by atoms with Crippen LogP contribution in [0.5, 0.6) is 0 Å². The average molecular weight is 266 g/mol. The Labute approximate surface area is 108 Å². The van der Waals surface area contributed by atoms with Crippen molar-refractivity contribution in [2.75, 3.05) is 5.32 Å². The fourth-order valence-corrected chi connectivity index (χ4v) is 2.28. The molecule has 0 bridgehead atoms. The van der Waals surface area contributed by atoms with Crippen molar-refractivity contribution in [3.05, 3.63) is 29.8 Å². The highest BCUT2D eigenvalue weighted by Gasteiger charge is 2.46. The lowest BCUT2D eigenvalue weighted by Gasteiger charge is -2.15. The Bertz CT molecular complexity index is 558. The number of hydrogen-bond donors (Lipinski definition) is 1. The molecule has 19 heavy (non-hydrogen) atoms. The molecule has 2 aliphatic rings. The summed E-state index contributed by atoms with van der Waals surface area (Å²) in [7, 11) is 0. The summed E-state index contributed by atoms with van der Waals surface area (Å²) in [5, 5.41) is 2.62. The summed E-state index contributed by atoms with van der Waals surface area (Å²) < 4.78 is 26.5. The summed E-state index contributed by atoms with van der Waals surface area (Å²) in [6.07, 6.45) is 1.66. The van der Waals surface area contributed by atoms with Gasteiger partial charge in [0, 0.05) is 6.04 Å². The maximum Gasteiger partial charge on any atom is 0.252 e. The van der Waals surface area contributed by atoms with Gasteiger partial charge in [0.2, 0.25) is 5.91 Å². The van der Waals surface area contributed by atoms with Gasteiger partial charge >= 0.3 is 0 Å². The summed E-state index contributed by atoms with van der Waals surface area (Å²) in [6.45, 7) is 0. The van der Waals surface area contributed by atoms with Gasteiger partial charge in [-0.2, -0.15) is 0 Å². The van der Waals surface area contributed by atoms with E-state index in [2.05, 4.69) is 5.32 Å². The first-order chi connectivity index (χ1) is 9.06. The van der Waals surface area contributed by atoms with E-state index in [4.69, 9.17) is 0 Å². The van der Waals surface area contributed by atoms with Crippen molar-refractivity contribution in [2.45, 2.75) is 31.3 Å². The van der Waals surface area contributed by atoms with Gasteiger partial charge in [-0.3, -0.25) is 14.5 Å². The van der Waals surface area contributed by atoms with Gasteiger partial charge in [0.25, 0.3) is 5.91 Å². The molecule has 1 saturated carbocycles. The van der Waals surface area contributed by atoms with Crippen molar-refractivity contribution >= 4 is 17.5 Å². The van der Waals surface area contributed by atoms with Crippen molar-refractivity contribution < 1.29 is 18.4 Å². The maximum absolute atomic E-state index is 13.5. The largest absolute Gasteiger partial charge is 0.371 e. The van der Waals surface area contributed by atoms with Crippen LogP contribution in [0.2, 0.25) is 0 Å². The smallest absolute Gasteiger partial charge is 0.252 e. The molecular formula is C13H12F2N2O2. The Morgan fingerprint density at radius 3 is 2.63 bits per heavy atom. The molecule has 1 aliphatic carbocycles. The average Bonchev–Trinajstić information content (AvgIpc) is 3.13. The van der Waals surface area contributed by atoms with Gasteiger partial charge in [-0.25, -0.2) is 8.78 Å². The van der Waals surface area contributed by atoms with Crippen LogP contribution in [0.25, 0.3) is 0 Å². The minimum Gasteiger partial charge on any atom is -0.371 e. The quantitative estimate of drug-likeness (QED) is 0.847. The van der Waals surface area contributed by atoms with E-state index < -0.39 is 17.7 Å². The minimum absolute atomic E-state index is 0.00385. The van der Waals surface area contributed by atoms with E-state index >= 15 is 0 Å². The Kier molecular flexibility index (Phi) is 2.73. The first kappa shape index (κ1) is 12.1. The number of nitrogens with one attached hydrogen (secondary N) is 1. The Balaban J connectivity index is 1.78. The van der Waals surface area contributed by atoms with Crippen LogP contribution in [0.15, 0.2) is 18.2 Å². The zero-order valence-electron chi connectivity index (χ0n) is 10.0. The molecule has 2 amide bonds. The van der Waals surface area contributed by atoms with Gasteiger partial charge in [0.15, 0.2) is 0 Å². The van der Waals surface area contributed by atoms with Gasteiger partial charge in [-0.15, -0.1) is 0 Å². The molecule has 1 heterocycles. The first-order valence-corrected chi connectivity index (χ1v) is 6.14. The number of carbonyl (C=O) groups is 2. The summed E-state index contributed by atoms with van der Waals surface area (Å²) in [6, 6.07) is 2.16. The van der Waals surface area contributed by atoms with Crippen LogP contribution in [0.4, 0.5) is 14.5 Å². The van der Waals surface area contributed by atoms with Gasteiger partial charge in [-0.05, 0) is 31.0 Å². The number of carbonyl (C=O) groups excluding carboxylic acids is 2. The lowest BCUT2D eigenvalue weighted by atomic mass is 10.2. The third-order valence-corrected chi connectivity index (χ3v) is 3.35. The zero-order valence-corrected chi connectivity index (χ0v) is 10.0. The summed E-state index contributed by atoms with van der Waals surface area (Å²) in [5.74, 6) is -1.84. The molecule has 1 aromatic rings. The maximum atomic E-state index is 13.5. The molecule has 1 unspecified atom stereocenters. The molecule has 1 aromatic carbocycles. The Hall–Kier alpha value is -1.98. The summed E-state index contributed by atoms with van der Waals surface area (Å²) in [4.78, 5) is 25.0. The summed E-state index contributed by atoms with van der Waals surface area (Å²) >= 11 is 0. The van der Waals surface area contributed by atoms with Crippen LogP contribution < -0.4 is 5.32 Å². The number of rotatable bonds is 3. The number of anilines is 1. The Morgan fingerprint density at radius 1 is 1.21 bits per heavy atom. The van der Waals surface area contributed by atoms with Crippen molar-refractivity contribution in [3.8, 4) is 0 Å². The lowest BCUT2D eigenvalue weighted by molar-refractivity contribution is -0.139. The second kappa shape index (κ2) is 4.29. The highest BCUT2D eigenvalue weighted by atomic mass is 19.1. The number of likely N-dealkylation sites (tertiary alicyclic amines) is 1. The molecule has 100 valence electrons. The van der Waals surface area contributed by atoms with E-state index in [1.165, 1.54) is 4.90 Å². The van der Waals surface area contributed by atoms with Crippen LogP contribution in [0, 0.1) is 11.6 Å². The third kappa shape index (κ3) is 2.18. The highest BCUT2D eigenvalue weighted by Crippen LogP contribution is 2.32. The van der Waals surface area contributed by atoms with Gasteiger partial charge in [0.05, 0.1) is 12.1 Å². The van der Waals surface area contributed by atoms with Crippen LogP contribution in [0.1, 0.15) is 19.3 Å². The van der Waals surface area contributed by atoms with Gasteiger partial charge in [-0.1, -0.05) is 0 Å². The number of imide groups is 1. The molecule has 0 aromatic heterocycles. The number of amides is 2. The van der Waals surface area contributed by atoms with E-state index in [-0.39, 0.29) is 30.0 Å². The van der Waals surface area contributed by atoms with Crippen LogP contribution in [-0.4, -0.2) is 28.8 Å². The predicted octanol–water partition coefficient (Wildman–Crippen LogP) is 1.67. The van der Waals surface area contributed by atoms with Gasteiger partial charge in [0.1, 0.15) is 17.7 Å². The highest BCUT2D eigenvalue weighted by molar-refractivity contribution is 6.07. The van der Waals surface area contributed by atoms with Gasteiger partial charge < -0.3 is 5.32 Å². The van der Waals surface area contributed by atoms with Crippen molar-refractivity contribution in [1.82, 2.24) is 4.90 Å².